The van der Waals surface area contributed by atoms with Crippen molar-refractivity contribution in [2.24, 2.45) is 11.1 Å². The summed E-state index contributed by atoms with van der Waals surface area (Å²) in [5.74, 6) is -0.0195. The van der Waals surface area contributed by atoms with Gasteiger partial charge in [-0.25, -0.2) is 0 Å². The van der Waals surface area contributed by atoms with Crippen LogP contribution in [-0.4, -0.2) is 24.8 Å². The highest BCUT2D eigenvalue weighted by Crippen LogP contribution is 2.35. The molecule has 0 aliphatic carbocycles. The number of benzene rings is 1. The SMILES string of the molecule is CC1(C)CN(c2cccc(C(=O)CN)c2)C1=O. The molecule has 0 atom stereocenters. The topological polar surface area (TPSA) is 63.4 Å². The first-order valence-electron chi connectivity index (χ1n) is 5.61. The van der Waals surface area contributed by atoms with Gasteiger partial charge in [0.25, 0.3) is 0 Å². The van der Waals surface area contributed by atoms with Crippen LogP contribution in [0.5, 0.6) is 0 Å². The second kappa shape index (κ2) is 3.96. The molecule has 4 heteroatoms. The minimum absolute atomic E-state index is 0.0110. The minimum Gasteiger partial charge on any atom is -0.324 e. The molecule has 0 aromatic heterocycles. The number of nitrogens with zero attached hydrogens (tertiary/aromatic N) is 1. The van der Waals surface area contributed by atoms with Crippen molar-refractivity contribution in [1.82, 2.24) is 0 Å². The fourth-order valence-corrected chi connectivity index (χ4v) is 1.98. The van der Waals surface area contributed by atoms with Crippen LogP contribution in [0.2, 0.25) is 0 Å². The fourth-order valence-electron chi connectivity index (χ4n) is 1.98. The molecule has 1 heterocycles. The zero-order valence-electron chi connectivity index (χ0n) is 10.1. The van der Waals surface area contributed by atoms with Crippen LogP contribution >= 0.6 is 0 Å². The quantitative estimate of drug-likeness (QED) is 0.629. The zero-order chi connectivity index (χ0) is 12.6. The van der Waals surface area contributed by atoms with Gasteiger partial charge >= 0.3 is 0 Å². The second-order valence-electron chi connectivity index (χ2n) is 4.95. The maximum absolute atomic E-state index is 11.9. The number of carbonyl (C=O) groups is 2. The van der Waals surface area contributed by atoms with Crippen LogP contribution in [0.3, 0.4) is 0 Å². The molecule has 0 unspecified atom stereocenters. The fraction of sp³-hybridized carbons (Fsp3) is 0.385. The van der Waals surface area contributed by atoms with E-state index >= 15 is 0 Å². The molecular formula is C13H16N2O2. The molecule has 4 nitrogen and oxygen atoms in total. The molecule has 90 valence electrons. The smallest absolute Gasteiger partial charge is 0.234 e. The first kappa shape index (κ1) is 11.8. The van der Waals surface area contributed by atoms with E-state index in [1.165, 1.54) is 0 Å². The van der Waals surface area contributed by atoms with Gasteiger partial charge in [-0.2, -0.15) is 0 Å². The summed E-state index contributed by atoms with van der Waals surface area (Å²) in [4.78, 5) is 25.0. The van der Waals surface area contributed by atoms with E-state index in [1.807, 2.05) is 19.9 Å². The van der Waals surface area contributed by atoms with E-state index in [0.29, 0.717) is 12.1 Å². The Bertz CT molecular complexity index is 480. The molecule has 0 radical (unpaired) electrons. The Morgan fingerprint density at radius 2 is 2.18 bits per heavy atom. The van der Waals surface area contributed by atoms with Crippen molar-refractivity contribution in [3.05, 3.63) is 29.8 Å². The summed E-state index contributed by atoms with van der Waals surface area (Å²) in [5.41, 5.74) is 6.36. The molecule has 2 N–H and O–H groups in total. The number of β-lactam (4-membered cyclic amide) rings is 1. The van der Waals surface area contributed by atoms with E-state index in [0.717, 1.165) is 5.69 Å². The Balaban J connectivity index is 2.24. The molecule has 1 amide bonds. The van der Waals surface area contributed by atoms with Gasteiger partial charge in [0.2, 0.25) is 5.91 Å². The lowest BCUT2D eigenvalue weighted by atomic mass is 9.82. The van der Waals surface area contributed by atoms with Gasteiger partial charge in [0.15, 0.2) is 5.78 Å². The van der Waals surface area contributed by atoms with Crippen LogP contribution in [0.1, 0.15) is 24.2 Å². The Kier molecular flexibility index (Phi) is 2.75. The molecular weight excluding hydrogens is 216 g/mol. The van der Waals surface area contributed by atoms with Gasteiger partial charge in [0.1, 0.15) is 0 Å². The third-order valence-corrected chi connectivity index (χ3v) is 3.04. The van der Waals surface area contributed by atoms with E-state index in [2.05, 4.69) is 0 Å². The van der Waals surface area contributed by atoms with Gasteiger partial charge in [0, 0.05) is 17.8 Å². The van der Waals surface area contributed by atoms with Crippen LogP contribution in [0, 0.1) is 5.41 Å². The largest absolute Gasteiger partial charge is 0.324 e. The highest BCUT2D eigenvalue weighted by Gasteiger charge is 2.44. The van der Waals surface area contributed by atoms with E-state index in [4.69, 9.17) is 5.73 Å². The average molecular weight is 232 g/mol. The molecule has 0 bridgehead atoms. The number of anilines is 1. The molecule has 2 rings (SSSR count). The summed E-state index contributed by atoms with van der Waals surface area (Å²) >= 11 is 0. The van der Waals surface area contributed by atoms with Crippen molar-refractivity contribution in [2.75, 3.05) is 18.0 Å². The number of carbonyl (C=O) groups excluding carboxylic acids is 2. The second-order valence-corrected chi connectivity index (χ2v) is 4.95. The lowest BCUT2D eigenvalue weighted by Crippen LogP contribution is -2.58. The number of amides is 1. The Morgan fingerprint density at radius 1 is 1.47 bits per heavy atom. The number of rotatable bonds is 3. The van der Waals surface area contributed by atoms with Crippen molar-refractivity contribution < 1.29 is 9.59 Å². The number of Topliss-reactive ketones (excluding diaryl/α,β-unsaturated/α-hetero) is 1. The highest BCUT2D eigenvalue weighted by atomic mass is 16.2. The molecule has 1 fully saturated rings. The van der Waals surface area contributed by atoms with E-state index < -0.39 is 0 Å². The number of nitrogens with two attached hydrogens (primary N) is 1. The van der Waals surface area contributed by atoms with Gasteiger partial charge in [0.05, 0.1) is 12.0 Å². The molecule has 1 aromatic rings. The number of hydrogen-bond donors (Lipinski definition) is 1. The predicted octanol–water partition coefficient (Wildman–Crippen LogP) is 1.20. The zero-order valence-corrected chi connectivity index (χ0v) is 10.1. The van der Waals surface area contributed by atoms with Gasteiger partial charge in [-0.05, 0) is 26.0 Å². The minimum atomic E-state index is -0.284. The molecule has 1 saturated heterocycles. The molecule has 17 heavy (non-hydrogen) atoms. The van der Waals surface area contributed by atoms with Crippen LogP contribution in [-0.2, 0) is 4.79 Å². The van der Waals surface area contributed by atoms with Crippen molar-refractivity contribution >= 4 is 17.4 Å². The summed E-state index contributed by atoms with van der Waals surface area (Å²) in [6, 6.07) is 7.05. The van der Waals surface area contributed by atoms with E-state index in [-0.39, 0.29) is 23.7 Å². The lowest BCUT2D eigenvalue weighted by Gasteiger charge is -2.44. The van der Waals surface area contributed by atoms with Gasteiger partial charge in [-0.1, -0.05) is 12.1 Å². The third kappa shape index (κ3) is 1.96. The number of hydrogen-bond acceptors (Lipinski definition) is 3. The standard InChI is InChI=1S/C13H16N2O2/c1-13(2)8-15(12(13)17)10-5-3-4-9(6-10)11(16)7-14/h3-6H,7-8,14H2,1-2H3. The van der Waals surface area contributed by atoms with Crippen molar-refractivity contribution in [2.45, 2.75) is 13.8 Å². The van der Waals surface area contributed by atoms with Crippen LogP contribution in [0.25, 0.3) is 0 Å². The Labute approximate surface area is 100 Å². The molecule has 1 aromatic carbocycles. The van der Waals surface area contributed by atoms with E-state index in [9.17, 15) is 9.59 Å². The van der Waals surface area contributed by atoms with Crippen LogP contribution in [0.15, 0.2) is 24.3 Å². The van der Waals surface area contributed by atoms with Gasteiger partial charge in [-0.15, -0.1) is 0 Å². The third-order valence-electron chi connectivity index (χ3n) is 3.04. The van der Waals surface area contributed by atoms with Crippen molar-refractivity contribution in [3.8, 4) is 0 Å². The highest BCUT2D eigenvalue weighted by molar-refractivity contribution is 6.05. The predicted molar refractivity (Wildman–Crippen MR) is 66.0 cm³/mol. The van der Waals surface area contributed by atoms with Gasteiger partial charge in [-0.3, -0.25) is 9.59 Å². The molecule has 0 spiro atoms. The van der Waals surface area contributed by atoms with Crippen molar-refractivity contribution in [1.29, 1.82) is 0 Å². The summed E-state index contributed by atoms with van der Waals surface area (Å²) in [5, 5.41) is 0. The Morgan fingerprint density at radius 3 is 2.71 bits per heavy atom. The lowest BCUT2D eigenvalue weighted by molar-refractivity contribution is -0.132. The molecule has 1 aliphatic heterocycles. The Hall–Kier alpha value is -1.68. The maximum Gasteiger partial charge on any atom is 0.234 e. The molecule has 1 aliphatic rings. The summed E-state index contributed by atoms with van der Waals surface area (Å²) in [6.07, 6.45) is 0. The van der Waals surface area contributed by atoms with Gasteiger partial charge < -0.3 is 10.6 Å². The first-order valence-corrected chi connectivity index (χ1v) is 5.61. The van der Waals surface area contributed by atoms with Crippen molar-refractivity contribution in [3.63, 3.8) is 0 Å². The number of ketones is 1. The maximum atomic E-state index is 11.9. The normalized spacial score (nSPS) is 17.8. The monoisotopic (exact) mass is 232 g/mol. The van der Waals surface area contributed by atoms with Crippen LogP contribution in [0.4, 0.5) is 5.69 Å². The summed E-state index contributed by atoms with van der Waals surface area (Å²) < 4.78 is 0. The summed E-state index contributed by atoms with van der Waals surface area (Å²) in [7, 11) is 0. The van der Waals surface area contributed by atoms with E-state index in [1.54, 1.807) is 23.1 Å². The molecule has 0 saturated carbocycles. The average Bonchev–Trinajstić information content (AvgIpc) is 2.35. The first-order chi connectivity index (χ1) is 7.95. The summed E-state index contributed by atoms with van der Waals surface area (Å²) in [6.45, 7) is 4.51. The van der Waals surface area contributed by atoms with Crippen LogP contribution < -0.4 is 10.6 Å².